The predicted molar refractivity (Wildman–Crippen MR) is 108 cm³/mol. The molecule has 1 heterocycles. The molecule has 9 nitrogen and oxygen atoms in total. The van der Waals surface area contributed by atoms with Gasteiger partial charge in [0.1, 0.15) is 5.15 Å². The van der Waals surface area contributed by atoms with Crippen LogP contribution in [0.2, 0.25) is 5.15 Å². The van der Waals surface area contributed by atoms with Crippen molar-refractivity contribution >= 4 is 53.8 Å². The first-order valence-electron chi connectivity index (χ1n) is 7.68. The summed E-state index contributed by atoms with van der Waals surface area (Å²) in [7, 11) is -0.00585. The Morgan fingerprint density at radius 3 is 2.56 bits per heavy atom. The molecule has 0 saturated heterocycles. The maximum atomic E-state index is 12.0. The molecule has 1 aliphatic rings. The average molecular weight is 432 g/mol. The molecule has 0 amide bonds. The highest BCUT2D eigenvalue weighted by Gasteiger charge is 2.32. The SMILES string of the molecule is COc1cc(Cl)nc(N)n1.NS(=O)(=O)Nc1c(P)cccc1C(=O)C1CC1. The van der Waals surface area contributed by atoms with Crippen LogP contribution in [0.4, 0.5) is 11.6 Å². The number of para-hydroxylation sites is 1. The number of ether oxygens (including phenoxy) is 1. The first-order valence-corrected chi connectivity index (χ1v) is 10.2. The summed E-state index contributed by atoms with van der Waals surface area (Å²) in [4.78, 5) is 19.3. The molecule has 1 aromatic heterocycles. The van der Waals surface area contributed by atoms with E-state index in [9.17, 15) is 13.2 Å². The number of benzene rings is 1. The van der Waals surface area contributed by atoms with Crippen LogP contribution < -0.4 is 25.6 Å². The molecule has 12 heteroatoms. The highest BCUT2D eigenvalue weighted by molar-refractivity contribution is 7.90. The predicted octanol–water partition coefficient (Wildman–Crippen LogP) is 1.12. The van der Waals surface area contributed by atoms with E-state index in [0.29, 0.717) is 16.7 Å². The number of carbonyl (C=O) groups is 1. The van der Waals surface area contributed by atoms with Crippen LogP contribution in [0.25, 0.3) is 0 Å². The van der Waals surface area contributed by atoms with Gasteiger partial charge in [-0.3, -0.25) is 9.52 Å². The van der Waals surface area contributed by atoms with Gasteiger partial charge < -0.3 is 10.5 Å². The van der Waals surface area contributed by atoms with Crippen molar-refractivity contribution in [2.24, 2.45) is 11.1 Å². The van der Waals surface area contributed by atoms with E-state index in [1.165, 1.54) is 13.2 Å². The van der Waals surface area contributed by atoms with E-state index in [1.807, 2.05) is 0 Å². The minimum Gasteiger partial charge on any atom is -0.481 e. The standard InChI is InChI=1S/C10H13N2O3PS.C5H6ClN3O/c11-17(14,15)12-9-7(2-1-3-8(9)16)10(13)6-4-5-6;1-10-4-2-3(6)8-5(7)9-4/h1-3,6,12H,4-5,16H2,(H2,11,14,15);2H,1H3,(H2,7,8,9). The van der Waals surface area contributed by atoms with Crippen molar-refractivity contribution < 1.29 is 17.9 Å². The second kappa shape index (κ2) is 8.79. The molecule has 0 spiro atoms. The molecule has 1 atom stereocenters. The van der Waals surface area contributed by atoms with Crippen LogP contribution >= 0.6 is 20.8 Å². The summed E-state index contributed by atoms with van der Waals surface area (Å²) in [5, 5.41) is 5.82. The zero-order valence-electron chi connectivity index (χ0n) is 14.3. The molecule has 27 heavy (non-hydrogen) atoms. The molecule has 0 aliphatic heterocycles. The monoisotopic (exact) mass is 431 g/mol. The van der Waals surface area contributed by atoms with Gasteiger partial charge >= 0.3 is 0 Å². The summed E-state index contributed by atoms with van der Waals surface area (Å²) < 4.78 is 29.1. The number of hydrogen-bond donors (Lipinski definition) is 3. The Morgan fingerprint density at radius 2 is 2.04 bits per heavy atom. The number of nitrogens with two attached hydrogens (primary N) is 2. The normalized spacial score (nSPS) is 13.3. The maximum Gasteiger partial charge on any atom is 0.296 e. The summed E-state index contributed by atoms with van der Waals surface area (Å²) in [6.45, 7) is 0. The van der Waals surface area contributed by atoms with Crippen molar-refractivity contribution in [2.45, 2.75) is 12.8 Å². The van der Waals surface area contributed by atoms with Gasteiger partial charge in [0.15, 0.2) is 5.78 Å². The Bertz CT molecular complexity index is 933. The quantitative estimate of drug-likeness (QED) is 0.364. The van der Waals surface area contributed by atoms with Gasteiger partial charge in [-0.25, -0.2) is 10.1 Å². The Balaban J connectivity index is 0.000000223. The summed E-state index contributed by atoms with van der Waals surface area (Å²) >= 11 is 5.52. The highest BCUT2D eigenvalue weighted by atomic mass is 35.5. The lowest BCUT2D eigenvalue weighted by Gasteiger charge is -2.12. The van der Waals surface area contributed by atoms with Gasteiger partial charge in [0, 0.05) is 17.5 Å². The molecule has 0 radical (unpaired) electrons. The number of hydrogen-bond acceptors (Lipinski definition) is 7. The number of methoxy groups -OCH3 is 1. The minimum absolute atomic E-state index is 0.0274. The number of carbonyl (C=O) groups excluding carboxylic acids is 1. The zero-order valence-corrected chi connectivity index (χ0v) is 17.1. The van der Waals surface area contributed by atoms with E-state index in [4.69, 9.17) is 27.2 Å². The molecular formula is C15H19ClN5O4PS. The van der Waals surface area contributed by atoms with Crippen LogP contribution in [0.1, 0.15) is 23.2 Å². The van der Waals surface area contributed by atoms with Gasteiger partial charge in [0.2, 0.25) is 11.8 Å². The first-order chi connectivity index (χ1) is 12.6. The van der Waals surface area contributed by atoms with E-state index in [1.54, 1.807) is 18.2 Å². The fourth-order valence-electron chi connectivity index (χ4n) is 2.12. The van der Waals surface area contributed by atoms with Crippen LogP contribution in [-0.2, 0) is 10.2 Å². The lowest BCUT2D eigenvalue weighted by molar-refractivity contribution is 0.0968. The van der Waals surface area contributed by atoms with Crippen molar-refractivity contribution in [2.75, 3.05) is 17.6 Å². The molecule has 5 N–H and O–H groups in total. The number of rotatable bonds is 5. The van der Waals surface area contributed by atoms with Crippen LogP contribution in [-0.4, -0.2) is 31.3 Å². The van der Waals surface area contributed by atoms with Gasteiger partial charge in [-0.2, -0.15) is 13.4 Å². The number of nitrogens with one attached hydrogen (secondary N) is 1. The van der Waals surface area contributed by atoms with Crippen LogP contribution in [0.15, 0.2) is 24.3 Å². The molecule has 1 fully saturated rings. The van der Waals surface area contributed by atoms with Gasteiger partial charge in [-0.05, 0) is 24.2 Å². The molecular weight excluding hydrogens is 413 g/mol. The summed E-state index contributed by atoms with van der Waals surface area (Å²) in [6.07, 6.45) is 1.74. The smallest absolute Gasteiger partial charge is 0.296 e. The second-order valence-electron chi connectivity index (χ2n) is 5.65. The van der Waals surface area contributed by atoms with Crippen molar-refractivity contribution in [1.82, 2.24) is 9.97 Å². The van der Waals surface area contributed by atoms with E-state index in [2.05, 4.69) is 23.9 Å². The van der Waals surface area contributed by atoms with Crippen molar-refractivity contribution in [3.8, 4) is 5.88 Å². The van der Waals surface area contributed by atoms with E-state index >= 15 is 0 Å². The third-order valence-corrected chi connectivity index (χ3v) is 4.62. The van der Waals surface area contributed by atoms with Gasteiger partial charge in [-0.15, -0.1) is 9.24 Å². The summed E-state index contributed by atoms with van der Waals surface area (Å²) in [5.41, 5.74) is 5.89. The highest BCUT2D eigenvalue weighted by Crippen LogP contribution is 2.34. The number of anilines is 2. The average Bonchev–Trinajstić information content (AvgIpc) is 3.39. The largest absolute Gasteiger partial charge is 0.481 e. The zero-order chi connectivity index (χ0) is 20.2. The van der Waals surface area contributed by atoms with Gasteiger partial charge in [0.25, 0.3) is 10.2 Å². The van der Waals surface area contributed by atoms with Crippen molar-refractivity contribution in [3.05, 3.63) is 35.0 Å². The summed E-state index contributed by atoms with van der Waals surface area (Å²) in [5.74, 6) is 0.491. The van der Waals surface area contributed by atoms with Gasteiger partial charge in [0.05, 0.1) is 12.8 Å². The lowest BCUT2D eigenvalue weighted by Crippen LogP contribution is -2.26. The number of nitrogens with zero attached hydrogens (tertiary/aromatic N) is 2. The Morgan fingerprint density at radius 1 is 1.37 bits per heavy atom. The number of Topliss-reactive ketones (excluding diaryl/α,β-unsaturated/α-hetero) is 1. The molecule has 2 aromatic rings. The van der Waals surface area contributed by atoms with E-state index in [0.717, 1.165) is 12.8 Å². The Kier molecular flexibility index (Phi) is 6.94. The van der Waals surface area contributed by atoms with Crippen LogP contribution in [0.3, 0.4) is 0 Å². The first kappa shape index (κ1) is 21.3. The molecule has 1 aromatic carbocycles. The number of halogens is 1. The second-order valence-corrected chi connectivity index (χ2v) is 7.95. The molecule has 146 valence electrons. The lowest BCUT2D eigenvalue weighted by atomic mass is 10.1. The summed E-state index contributed by atoms with van der Waals surface area (Å²) in [6, 6.07) is 6.51. The fourth-order valence-corrected chi connectivity index (χ4v) is 3.25. The van der Waals surface area contributed by atoms with Gasteiger partial charge in [-0.1, -0.05) is 23.7 Å². The van der Waals surface area contributed by atoms with E-state index < -0.39 is 10.2 Å². The fraction of sp³-hybridized carbons (Fsp3) is 0.267. The molecule has 1 aliphatic carbocycles. The Hall–Kier alpha value is -2.00. The van der Waals surface area contributed by atoms with Crippen molar-refractivity contribution in [1.29, 1.82) is 0 Å². The topological polar surface area (TPSA) is 150 Å². The van der Waals surface area contributed by atoms with Crippen molar-refractivity contribution in [3.63, 3.8) is 0 Å². The molecule has 1 saturated carbocycles. The van der Waals surface area contributed by atoms with E-state index in [-0.39, 0.29) is 28.5 Å². The van der Waals surface area contributed by atoms with Crippen LogP contribution in [0, 0.1) is 5.92 Å². The maximum absolute atomic E-state index is 12.0. The van der Waals surface area contributed by atoms with Crippen LogP contribution in [0.5, 0.6) is 5.88 Å². The third kappa shape index (κ3) is 6.59. The Labute approximate surface area is 164 Å². The molecule has 3 rings (SSSR count). The molecule has 0 bridgehead atoms. The molecule has 1 unspecified atom stereocenters. The number of nitrogen functional groups attached to an aromatic ring is 1. The third-order valence-electron chi connectivity index (χ3n) is 3.45. The number of aromatic nitrogens is 2. The number of ketones is 1. The minimum atomic E-state index is -3.88.